The molecule has 0 aliphatic rings. The summed E-state index contributed by atoms with van der Waals surface area (Å²) in [6, 6.07) is 12.8. The Kier molecular flexibility index (Phi) is 8.34. The van der Waals surface area contributed by atoms with Crippen LogP contribution in [-0.2, 0) is 14.8 Å². The summed E-state index contributed by atoms with van der Waals surface area (Å²) in [5.41, 5.74) is 2.60. The number of carbonyl (C=O) groups is 1. The second-order valence-corrected chi connectivity index (χ2v) is 9.23. The van der Waals surface area contributed by atoms with Crippen LogP contribution in [0.15, 0.2) is 42.5 Å². The molecule has 0 spiro atoms. The fraction of sp³-hybridized carbons (Fsp3) is 0.381. The number of halogens is 1. The zero-order valence-corrected chi connectivity index (χ0v) is 18.5. The van der Waals surface area contributed by atoms with E-state index in [0.717, 1.165) is 11.1 Å². The monoisotopic (exact) mass is 438 g/mol. The van der Waals surface area contributed by atoms with Gasteiger partial charge in [-0.05, 0) is 55.7 Å². The van der Waals surface area contributed by atoms with Crippen LogP contribution in [0.5, 0.6) is 5.75 Å². The van der Waals surface area contributed by atoms with E-state index in [9.17, 15) is 13.2 Å². The number of benzene rings is 2. The Balaban J connectivity index is 1.80. The maximum atomic E-state index is 12.2. The van der Waals surface area contributed by atoms with Crippen LogP contribution in [0.3, 0.4) is 0 Å². The maximum absolute atomic E-state index is 12.2. The van der Waals surface area contributed by atoms with E-state index in [-0.39, 0.29) is 18.9 Å². The first-order valence-electron chi connectivity index (χ1n) is 9.37. The zero-order chi connectivity index (χ0) is 21.4. The van der Waals surface area contributed by atoms with Gasteiger partial charge in [0.15, 0.2) is 0 Å². The molecule has 1 N–H and O–H groups in total. The van der Waals surface area contributed by atoms with Crippen molar-refractivity contribution < 1.29 is 17.9 Å². The number of aryl methyl sites for hydroxylation is 2. The third-order valence-electron chi connectivity index (χ3n) is 4.18. The lowest BCUT2D eigenvalue weighted by atomic mass is 10.1. The number of nitrogens with one attached hydrogen (secondary N) is 1. The number of carbonyl (C=O) groups excluding carboxylic acids is 1. The van der Waals surface area contributed by atoms with Gasteiger partial charge in [0.25, 0.3) is 0 Å². The van der Waals surface area contributed by atoms with Gasteiger partial charge in [-0.25, -0.2) is 8.42 Å². The van der Waals surface area contributed by atoms with Gasteiger partial charge in [0.1, 0.15) is 12.4 Å². The molecule has 2 aromatic carbocycles. The Morgan fingerprint density at radius 2 is 1.79 bits per heavy atom. The molecule has 0 fully saturated rings. The molecule has 1 amide bonds. The zero-order valence-electron chi connectivity index (χ0n) is 16.9. The Labute approximate surface area is 177 Å². The molecule has 0 aromatic heterocycles. The molecule has 158 valence electrons. The van der Waals surface area contributed by atoms with Crippen LogP contribution in [-0.4, -0.2) is 40.3 Å². The summed E-state index contributed by atoms with van der Waals surface area (Å²) < 4.78 is 31.3. The molecule has 0 radical (unpaired) electrons. The van der Waals surface area contributed by atoms with Crippen LogP contribution in [0.2, 0.25) is 5.02 Å². The van der Waals surface area contributed by atoms with Crippen molar-refractivity contribution in [3.05, 3.63) is 58.6 Å². The van der Waals surface area contributed by atoms with Gasteiger partial charge in [0.2, 0.25) is 15.9 Å². The summed E-state index contributed by atoms with van der Waals surface area (Å²) in [4.78, 5) is 12.0. The van der Waals surface area contributed by atoms with Crippen molar-refractivity contribution in [1.29, 1.82) is 0 Å². The summed E-state index contributed by atoms with van der Waals surface area (Å²) in [5, 5.41) is 3.29. The predicted molar refractivity (Wildman–Crippen MR) is 117 cm³/mol. The number of para-hydroxylation sites is 1. The first-order valence-corrected chi connectivity index (χ1v) is 11.6. The Morgan fingerprint density at radius 3 is 2.41 bits per heavy atom. The quantitative estimate of drug-likeness (QED) is 0.574. The smallest absolute Gasteiger partial charge is 0.232 e. The van der Waals surface area contributed by atoms with Crippen LogP contribution < -0.4 is 14.4 Å². The number of anilines is 1. The van der Waals surface area contributed by atoms with Gasteiger partial charge in [0.05, 0.1) is 23.5 Å². The maximum Gasteiger partial charge on any atom is 0.232 e. The summed E-state index contributed by atoms with van der Waals surface area (Å²) in [6.07, 6.45) is 1.82. The molecule has 2 aromatic rings. The summed E-state index contributed by atoms with van der Waals surface area (Å²) in [7, 11) is -3.44. The summed E-state index contributed by atoms with van der Waals surface area (Å²) in [5.74, 6) is 0.419. The minimum atomic E-state index is -3.44. The number of sulfonamides is 1. The molecular formula is C21H27ClN2O4S. The third-order valence-corrected chi connectivity index (χ3v) is 5.68. The van der Waals surface area contributed by atoms with E-state index in [0.29, 0.717) is 36.0 Å². The molecular weight excluding hydrogens is 412 g/mol. The second-order valence-electron chi connectivity index (χ2n) is 6.91. The van der Waals surface area contributed by atoms with E-state index in [2.05, 4.69) is 5.32 Å². The minimum Gasteiger partial charge on any atom is -0.490 e. The van der Waals surface area contributed by atoms with Crippen molar-refractivity contribution in [2.24, 2.45) is 0 Å². The number of nitrogens with zero attached hydrogens (tertiary/aromatic N) is 1. The average molecular weight is 439 g/mol. The molecule has 2 rings (SSSR count). The molecule has 0 aliphatic heterocycles. The van der Waals surface area contributed by atoms with Crippen LogP contribution in [0.1, 0.15) is 24.0 Å². The lowest BCUT2D eigenvalue weighted by molar-refractivity contribution is -0.121. The molecule has 0 atom stereocenters. The standard InChI is InChI=1S/C21H27ClN2O4S/c1-16-13-17(2)15-18(14-16)24(29(3,26)27)11-6-9-21(25)23-10-12-28-20-8-5-4-7-19(20)22/h4-5,7-8,13-15H,6,9-12H2,1-3H3,(H,23,25). The molecule has 8 heteroatoms. The van der Waals surface area contributed by atoms with Crippen molar-refractivity contribution in [3.63, 3.8) is 0 Å². The van der Waals surface area contributed by atoms with Crippen molar-refractivity contribution in [2.75, 3.05) is 30.3 Å². The van der Waals surface area contributed by atoms with Crippen molar-refractivity contribution in [1.82, 2.24) is 5.32 Å². The lowest BCUT2D eigenvalue weighted by Crippen LogP contribution is -2.33. The van der Waals surface area contributed by atoms with Gasteiger partial charge >= 0.3 is 0 Å². The van der Waals surface area contributed by atoms with E-state index in [4.69, 9.17) is 16.3 Å². The molecule has 0 aliphatic carbocycles. The second kappa shape index (κ2) is 10.5. The topological polar surface area (TPSA) is 75.7 Å². The fourth-order valence-corrected chi connectivity index (χ4v) is 4.11. The number of amides is 1. The molecule has 0 heterocycles. The molecule has 0 saturated carbocycles. The van der Waals surface area contributed by atoms with Gasteiger partial charge in [-0.3, -0.25) is 9.10 Å². The molecule has 6 nitrogen and oxygen atoms in total. The Bertz CT molecular complexity index is 927. The van der Waals surface area contributed by atoms with Gasteiger partial charge in [-0.2, -0.15) is 0 Å². The minimum absolute atomic E-state index is 0.151. The number of hydrogen-bond donors (Lipinski definition) is 1. The third kappa shape index (κ3) is 7.59. The van der Waals surface area contributed by atoms with Crippen LogP contribution >= 0.6 is 11.6 Å². The predicted octanol–water partition coefficient (Wildman–Crippen LogP) is 3.70. The summed E-state index contributed by atoms with van der Waals surface area (Å²) in [6.45, 7) is 4.74. The summed E-state index contributed by atoms with van der Waals surface area (Å²) >= 11 is 6.00. The van der Waals surface area contributed by atoms with Crippen molar-refractivity contribution in [3.8, 4) is 5.75 Å². The lowest BCUT2D eigenvalue weighted by Gasteiger charge is -2.23. The highest BCUT2D eigenvalue weighted by molar-refractivity contribution is 7.92. The Morgan fingerprint density at radius 1 is 1.14 bits per heavy atom. The highest BCUT2D eigenvalue weighted by Crippen LogP contribution is 2.23. The van der Waals surface area contributed by atoms with Gasteiger partial charge < -0.3 is 10.1 Å². The van der Waals surface area contributed by atoms with E-state index in [1.807, 2.05) is 44.2 Å². The molecule has 0 saturated heterocycles. The van der Waals surface area contributed by atoms with Crippen molar-refractivity contribution in [2.45, 2.75) is 26.7 Å². The van der Waals surface area contributed by atoms with E-state index < -0.39 is 10.0 Å². The fourth-order valence-electron chi connectivity index (χ4n) is 2.97. The van der Waals surface area contributed by atoms with Gasteiger partial charge in [-0.15, -0.1) is 0 Å². The number of rotatable bonds is 10. The number of ether oxygens (including phenoxy) is 1. The average Bonchev–Trinajstić information content (AvgIpc) is 2.61. The first-order chi connectivity index (χ1) is 13.7. The van der Waals surface area contributed by atoms with Crippen LogP contribution in [0.4, 0.5) is 5.69 Å². The SMILES string of the molecule is Cc1cc(C)cc(N(CCCC(=O)NCCOc2ccccc2Cl)S(C)(=O)=O)c1. The Hall–Kier alpha value is -2.25. The molecule has 0 bridgehead atoms. The highest BCUT2D eigenvalue weighted by Gasteiger charge is 2.18. The van der Waals surface area contributed by atoms with Gasteiger partial charge in [0, 0.05) is 13.0 Å². The molecule has 29 heavy (non-hydrogen) atoms. The number of hydrogen-bond acceptors (Lipinski definition) is 4. The molecule has 0 unspecified atom stereocenters. The first kappa shape index (κ1) is 23.0. The largest absolute Gasteiger partial charge is 0.490 e. The van der Waals surface area contributed by atoms with Gasteiger partial charge in [-0.1, -0.05) is 29.8 Å². The van der Waals surface area contributed by atoms with Crippen LogP contribution in [0, 0.1) is 13.8 Å². The normalized spacial score (nSPS) is 11.2. The van der Waals surface area contributed by atoms with E-state index in [1.54, 1.807) is 12.1 Å². The highest BCUT2D eigenvalue weighted by atomic mass is 35.5. The van der Waals surface area contributed by atoms with Crippen LogP contribution in [0.25, 0.3) is 0 Å². The van der Waals surface area contributed by atoms with Crippen molar-refractivity contribution >= 4 is 33.2 Å². The van der Waals surface area contributed by atoms with E-state index >= 15 is 0 Å². The van der Waals surface area contributed by atoms with E-state index in [1.165, 1.54) is 10.6 Å².